The number of thiazole rings is 1. The van der Waals surface area contributed by atoms with Crippen molar-refractivity contribution in [2.45, 2.75) is 4.90 Å². The van der Waals surface area contributed by atoms with Gasteiger partial charge in [0.1, 0.15) is 5.82 Å². The van der Waals surface area contributed by atoms with E-state index in [1.165, 1.54) is 55.8 Å². The minimum Gasteiger partial charge on any atom is -0.298 e. The lowest BCUT2D eigenvalue weighted by molar-refractivity contribution is 0.102. The van der Waals surface area contributed by atoms with E-state index in [1.807, 2.05) is 0 Å². The van der Waals surface area contributed by atoms with Crippen LogP contribution in [0.25, 0.3) is 11.3 Å². The number of carbonyl (C=O) groups is 1. The molecule has 146 valence electrons. The molecule has 28 heavy (non-hydrogen) atoms. The number of nitrogens with zero attached hydrogens (tertiary/aromatic N) is 2. The number of hydrogen-bond donors (Lipinski definition) is 1. The van der Waals surface area contributed by atoms with Crippen LogP contribution >= 0.6 is 27.3 Å². The molecule has 3 aromatic rings. The Labute approximate surface area is 174 Å². The summed E-state index contributed by atoms with van der Waals surface area (Å²) in [6.45, 7) is 0. The maximum atomic E-state index is 13.4. The molecule has 0 radical (unpaired) electrons. The fourth-order valence-corrected chi connectivity index (χ4v) is 4.88. The molecule has 0 aliphatic rings. The molecule has 2 aromatic carbocycles. The van der Waals surface area contributed by atoms with Crippen LogP contribution in [0.3, 0.4) is 0 Å². The van der Waals surface area contributed by atoms with Gasteiger partial charge in [0, 0.05) is 35.1 Å². The Balaban J connectivity index is 1.85. The van der Waals surface area contributed by atoms with Crippen molar-refractivity contribution in [3.63, 3.8) is 0 Å². The van der Waals surface area contributed by atoms with E-state index in [-0.39, 0.29) is 16.3 Å². The minimum atomic E-state index is -3.71. The summed E-state index contributed by atoms with van der Waals surface area (Å²) in [6.07, 6.45) is 0. The van der Waals surface area contributed by atoms with Crippen LogP contribution < -0.4 is 5.32 Å². The Hall–Kier alpha value is -2.14. The smallest absolute Gasteiger partial charge is 0.257 e. The Bertz CT molecular complexity index is 1150. The van der Waals surface area contributed by atoms with Crippen molar-refractivity contribution in [3.05, 3.63) is 63.7 Å². The molecule has 3 rings (SSSR count). The van der Waals surface area contributed by atoms with Crippen LogP contribution in [0.1, 0.15) is 10.4 Å². The molecule has 0 atom stereocenters. The first-order valence-corrected chi connectivity index (χ1v) is 11.0. The molecular weight excluding hydrogens is 469 g/mol. The van der Waals surface area contributed by atoms with Gasteiger partial charge in [-0.05, 0) is 46.3 Å². The highest BCUT2D eigenvalue weighted by Gasteiger charge is 2.22. The van der Waals surface area contributed by atoms with Crippen LogP contribution in [0.5, 0.6) is 0 Å². The van der Waals surface area contributed by atoms with E-state index in [9.17, 15) is 17.6 Å². The molecule has 0 bridgehead atoms. The van der Waals surface area contributed by atoms with Gasteiger partial charge in [-0.3, -0.25) is 10.1 Å². The van der Waals surface area contributed by atoms with Gasteiger partial charge < -0.3 is 0 Å². The van der Waals surface area contributed by atoms with E-state index in [0.717, 1.165) is 4.31 Å². The number of benzene rings is 2. The van der Waals surface area contributed by atoms with E-state index in [2.05, 4.69) is 26.2 Å². The molecule has 0 aliphatic heterocycles. The summed E-state index contributed by atoms with van der Waals surface area (Å²) >= 11 is 4.40. The van der Waals surface area contributed by atoms with Gasteiger partial charge in [-0.25, -0.2) is 22.1 Å². The number of halogens is 2. The third kappa shape index (κ3) is 4.30. The monoisotopic (exact) mass is 483 g/mol. The highest BCUT2D eigenvalue weighted by Crippen LogP contribution is 2.28. The number of amides is 1. The first-order valence-electron chi connectivity index (χ1n) is 7.93. The molecule has 0 spiro atoms. The van der Waals surface area contributed by atoms with Crippen LogP contribution in [-0.2, 0) is 10.0 Å². The normalized spacial score (nSPS) is 11.6. The van der Waals surface area contributed by atoms with Gasteiger partial charge in [-0.2, -0.15) is 0 Å². The van der Waals surface area contributed by atoms with E-state index in [1.54, 1.807) is 17.5 Å². The molecule has 1 amide bonds. The summed E-state index contributed by atoms with van der Waals surface area (Å²) in [5, 5.41) is 4.67. The maximum absolute atomic E-state index is 13.4. The van der Waals surface area contributed by atoms with Crippen molar-refractivity contribution >= 4 is 48.3 Å². The van der Waals surface area contributed by atoms with E-state index in [0.29, 0.717) is 20.9 Å². The molecule has 10 heteroatoms. The minimum absolute atomic E-state index is 0.00950. The Morgan fingerprint density at radius 3 is 2.64 bits per heavy atom. The molecule has 0 fully saturated rings. The molecule has 1 heterocycles. The van der Waals surface area contributed by atoms with Gasteiger partial charge in [0.2, 0.25) is 10.0 Å². The molecule has 0 saturated carbocycles. The number of hydrogen-bond acceptors (Lipinski definition) is 5. The molecule has 6 nitrogen and oxygen atoms in total. The summed E-state index contributed by atoms with van der Waals surface area (Å²) in [6, 6.07) is 10.3. The topological polar surface area (TPSA) is 79.4 Å². The average molecular weight is 484 g/mol. The van der Waals surface area contributed by atoms with Gasteiger partial charge in [0.15, 0.2) is 5.13 Å². The van der Waals surface area contributed by atoms with Crippen molar-refractivity contribution in [2.75, 3.05) is 19.4 Å². The number of rotatable bonds is 5. The third-order valence-corrected chi connectivity index (χ3v) is 7.36. The summed E-state index contributed by atoms with van der Waals surface area (Å²) < 4.78 is 39.6. The quantitative estimate of drug-likeness (QED) is 0.589. The number of nitrogens with one attached hydrogen (secondary N) is 1. The fourth-order valence-electron chi connectivity index (χ4n) is 2.32. The summed E-state index contributed by atoms with van der Waals surface area (Å²) in [7, 11) is -0.885. The zero-order valence-electron chi connectivity index (χ0n) is 14.8. The van der Waals surface area contributed by atoms with Crippen molar-refractivity contribution in [1.82, 2.24) is 9.29 Å². The average Bonchev–Trinajstić information content (AvgIpc) is 3.10. The lowest BCUT2D eigenvalue weighted by Gasteiger charge is -2.13. The molecule has 0 aliphatic carbocycles. The molecule has 0 saturated heterocycles. The van der Waals surface area contributed by atoms with Crippen molar-refractivity contribution in [2.24, 2.45) is 0 Å². The van der Waals surface area contributed by atoms with Gasteiger partial charge in [0.25, 0.3) is 5.91 Å². The summed E-state index contributed by atoms with van der Waals surface area (Å²) in [5.74, 6) is -0.872. The zero-order valence-corrected chi connectivity index (χ0v) is 18.0. The Morgan fingerprint density at radius 1 is 1.21 bits per heavy atom. The molecule has 0 unspecified atom stereocenters. The van der Waals surface area contributed by atoms with Gasteiger partial charge in [-0.15, -0.1) is 11.3 Å². The number of sulfonamides is 1. The summed E-state index contributed by atoms with van der Waals surface area (Å²) in [5.41, 5.74) is 1.30. The van der Waals surface area contributed by atoms with E-state index in [4.69, 9.17) is 0 Å². The highest BCUT2D eigenvalue weighted by molar-refractivity contribution is 9.10. The third-order valence-electron chi connectivity index (χ3n) is 3.80. The maximum Gasteiger partial charge on any atom is 0.257 e. The first kappa shape index (κ1) is 20.6. The van der Waals surface area contributed by atoms with Crippen molar-refractivity contribution < 1.29 is 17.6 Å². The molecular formula is C18H15BrFN3O3S2. The van der Waals surface area contributed by atoms with Gasteiger partial charge in [0.05, 0.1) is 10.6 Å². The number of aromatic nitrogens is 1. The summed E-state index contributed by atoms with van der Waals surface area (Å²) in [4.78, 5) is 16.8. The Kier molecular flexibility index (Phi) is 5.94. The molecule has 1 aromatic heterocycles. The zero-order chi connectivity index (χ0) is 20.5. The molecule has 1 N–H and O–H groups in total. The van der Waals surface area contributed by atoms with Crippen LogP contribution in [-0.4, -0.2) is 37.7 Å². The van der Waals surface area contributed by atoms with E-state index >= 15 is 0 Å². The van der Waals surface area contributed by atoms with Crippen LogP contribution in [0, 0.1) is 5.82 Å². The van der Waals surface area contributed by atoms with Crippen molar-refractivity contribution in [3.8, 4) is 11.3 Å². The second-order valence-electron chi connectivity index (χ2n) is 5.93. The van der Waals surface area contributed by atoms with Crippen LogP contribution in [0.15, 0.2) is 57.2 Å². The van der Waals surface area contributed by atoms with Crippen LogP contribution in [0.2, 0.25) is 0 Å². The largest absolute Gasteiger partial charge is 0.298 e. The standard InChI is InChI=1S/C18H15BrFN3O3S2/c1-23(2)28(25,26)16-9-12(6-7-14(16)19)17(24)22-18-21-15(10-27-18)11-4-3-5-13(20)8-11/h3-10H,1-2H3,(H,21,22,24). The lowest BCUT2D eigenvalue weighted by Crippen LogP contribution is -2.23. The Morgan fingerprint density at radius 2 is 1.96 bits per heavy atom. The highest BCUT2D eigenvalue weighted by atomic mass is 79.9. The fraction of sp³-hybridized carbons (Fsp3) is 0.111. The lowest BCUT2D eigenvalue weighted by atomic mass is 10.2. The van der Waals surface area contributed by atoms with E-state index < -0.39 is 15.9 Å². The van der Waals surface area contributed by atoms with Gasteiger partial charge >= 0.3 is 0 Å². The van der Waals surface area contributed by atoms with Crippen LogP contribution in [0.4, 0.5) is 9.52 Å². The number of carbonyl (C=O) groups excluding carboxylic acids is 1. The SMILES string of the molecule is CN(C)S(=O)(=O)c1cc(C(=O)Nc2nc(-c3cccc(F)c3)cs2)ccc1Br. The second kappa shape index (κ2) is 8.08. The van der Waals surface area contributed by atoms with Crippen molar-refractivity contribution in [1.29, 1.82) is 0 Å². The predicted octanol–water partition coefficient (Wildman–Crippen LogP) is 4.21. The second-order valence-corrected chi connectivity index (χ2v) is 9.77. The number of anilines is 1. The predicted molar refractivity (Wildman–Crippen MR) is 110 cm³/mol. The van der Waals surface area contributed by atoms with Gasteiger partial charge in [-0.1, -0.05) is 12.1 Å². The first-order chi connectivity index (χ1) is 13.2.